The van der Waals surface area contributed by atoms with Gasteiger partial charge in [0.15, 0.2) is 0 Å². The number of amides is 1. The Kier molecular flexibility index (Phi) is 6.41. The topological polar surface area (TPSA) is 88.6 Å². The van der Waals surface area contributed by atoms with Crippen molar-refractivity contribution >= 4 is 12.1 Å². The summed E-state index contributed by atoms with van der Waals surface area (Å²) in [5.74, 6) is 1.08. The molecule has 3 aromatic rings. The SMILES string of the molecule is CCOc1cccc(-c2cc(C(=O)NN=Cc3ccccc3OCC)[nH]n2)c1. The Morgan fingerprint density at radius 2 is 1.93 bits per heavy atom. The number of ether oxygens (including phenoxy) is 2. The van der Waals surface area contributed by atoms with Crippen LogP contribution in [-0.4, -0.2) is 35.5 Å². The summed E-state index contributed by atoms with van der Waals surface area (Å²) in [5, 5.41) is 10.9. The molecule has 2 N–H and O–H groups in total. The van der Waals surface area contributed by atoms with E-state index in [1.807, 2.05) is 62.4 Å². The minimum absolute atomic E-state index is 0.312. The molecule has 1 amide bonds. The van der Waals surface area contributed by atoms with E-state index in [1.165, 1.54) is 0 Å². The minimum Gasteiger partial charge on any atom is -0.494 e. The van der Waals surface area contributed by atoms with Crippen molar-refractivity contribution in [2.45, 2.75) is 13.8 Å². The second-order valence-electron chi connectivity index (χ2n) is 5.80. The summed E-state index contributed by atoms with van der Waals surface area (Å²) in [7, 11) is 0. The number of aromatic amines is 1. The quantitative estimate of drug-likeness (QED) is 0.463. The zero-order valence-electron chi connectivity index (χ0n) is 15.8. The van der Waals surface area contributed by atoms with E-state index >= 15 is 0 Å². The maximum atomic E-state index is 12.3. The first kappa shape index (κ1) is 19.2. The molecule has 7 nitrogen and oxygen atoms in total. The highest BCUT2D eigenvalue weighted by Crippen LogP contribution is 2.23. The van der Waals surface area contributed by atoms with Crippen LogP contribution in [0.4, 0.5) is 0 Å². The summed E-state index contributed by atoms with van der Waals surface area (Å²) in [5.41, 5.74) is 5.09. The van der Waals surface area contributed by atoms with Crippen LogP contribution in [-0.2, 0) is 0 Å². The van der Waals surface area contributed by atoms with Crippen molar-refractivity contribution in [3.8, 4) is 22.8 Å². The fourth-order valence-corrected chi connectivity index (χ4v) is 2.59. The highest BCUT2D eigenvalue weighted by atomic mass is 16.5. The lowest BCUT2D eigenvalue weighted by Gasteiger charge is -2.05. The number of hydrazone groups is 1. The molecule has 0 saturated carbocycles. The van der Waals surface area contributed by atoms with E-state index in [2.05, 4.69) is 20.7 Å². The number of hydrogen-bond acceptors (Lipinski definition) is 5. The largest absolute Gasteiger partial charge is 0.494 e. The lowest BCUT2D eigenvalue weighted by atomic mass is 10.1. The molecule has 0 saturated heterocycles. The van der Waals surface area contributed by atoms with Gasteiger partial charge < -0.3 is 9.47 Å². The molecule has 1 heterocycles. The Morgan fingerprint density at radius 3 is 2.75 bits per heavy atom. The van der Waals surface area contributed by atoms with E-state index < -0.39 is 0 Å². The fourth-order valence-electron chi connectivity index (χ4n) is 2.59. The summed E-state index contributed by atoms with van der Waals surface area (Å²) < 4.78 is 11.0. The number of para-hydroxylation sites is 1. The highest BCUT2D eigenvalue weighted by Gasteiger charge is 2.11. The summed E-state index contributed by atoms with van der Waals surface area (Å²) >= 11 is 0. The van der Waals surface area contributed by atoms with Crippen molar-refractivity contribution in [1.82, 2.24) is 15.6 Å². The van der Waals surface area contributed by atoms with E-state index in [4.69, 9.17) is 9.47 Å². The van der Waals surface area contributed by atoms with Gasteiger partial charge in [-0.25, -0.2) is 5.43 Å². The van der Waals surface area contributed by atoms with Gasteiger partial charge in [-0.2, -0.15) is 10.2 Å². The molecule has 0 aliphatic carbocycles. The summed E-state index contributed by atoms with van der Waals surface area (Å²) in [6, 6.07) is 16.7. The van der Waals surface area contributed by atoms with Gasteiger partial charge in [-0.05, 0) is 44.2 Å². The number of benzene rings is 2. The van der Waals surface area contributed by atoms with Crippen LogP contribution in [0.25, 0.3) is 11.3 Å². The standard InChI is InChI=1S/C21H22N4O3/c1-3-27-17-10-7-9-15(12-17)18-13-19(24-23-18)21(26)25-22-14-16-8-5-6-11-20(16)28-4-2/h5-14H,3-4H2,1-2H3,(H,23,24)(H,25,26). The Balaban J connectivity index is 1.67. The zero-order valence-corrected chi connectivity index (χ0v) is 15.8. The predicted molar refractivity (Wildman–Crippen MR) is 108 cm³/mol. The number of nitrogens with one attached hydrogen (secondary N) is 2. The van der Waals surface area contributed by atoms with Crippen LogP contribution in [0.5, 0.6) is 11.5 Å². The molecular formula is C21H22N4O3. The molecule has 0 fully saturated rings. The maximum Gasteiger partial charge on any atom is 0.289 e. The summed E-state index contributed by atoms with van der Waals surface area (Å²) in [4.78, 5) is 12.3. The first-order valence-electron chi connectivity index (χ1n) is 9.05. The van der Waals surface area contributed by atoms with E-state index in [0.717, 1.165) is 16.9 Å². The van der Waals surface area contributed by atoms with Crippen molar-refractivity contribution < 1.29 is 14.3 Å². The molecule has 0 bridgehead atoms. The maximum absolute atomic E-state index is 12.3. The fraction of sp³-hybridized carbons (Fsp3) is 0.190. The van der Waals surface area contributed by atoms with Crippen LogP contribution in [0.2, 0.25) is 0 Å². The Bertz CT molecular complexity index is 966. The first-order chi connectivity index (χ1) is 13.7. The number of H-pyrrole nitrogens is 1. The van der Waals surface area contributed by atoms with Crippen LogP contribution in [0.1, 0.15) is 29.9 Å². The third-order valence-corrected chi connectivity index (χ3v) is 3.85. The van der Waals surface area contributed by atoms with Crippen LogP contribution in [0, 0.1) is 0 Å². The van der Waals surface area contributed by atoms with Gasteiger partial charge in [-0.15, -0.1) is 0 Å². The normalized spacial score (nSPS) is 10.8. The molecule has 144 valence electrons. The molecule has 0 aliphatic rings. The predicted octanol–water partition coefficient (Wildman–Crippen LogP) is 3.64. The molecule has 2 aromatic carbocycles. The van der Waals surface area contributed by atoms with Crippen LogP contribution in [0.15, 0.2) is 59.7 Å². The summed E-state index contributed by atoms with van der Waals surface area (Å²) in [6.45, 7) is 4.98. The third kappa shape index (κ3) is 4.76. The Hall–Kier alpha value is -3.61. The van der Waals surface area contributed by atoms with Crippen LogP contribution in [0.3, 0.4) is 0 Å². The van der Waals surface area contributed by atoms with Crippen LogP contribution < -0.4 is 14.9 Å². The van der Waals surface area contributed by atoms with Gasteiger partial charge in [-0.1, -0.05) is 24.3 Å². The highest BCUT2D eigenvalue weighted by molar-refractivity contribution is 5.94. The van der Waals surface area contributed by atoms with Crippen LogP contribution >= 0.6 is 0 Å². The van der Waals surface area contributed by atoms with Gasteiger partial charge in [0.1, 0.15) is 17.2 Å². The molecule has 0 atom stereocenters. The molecule has 28 heavy (non-hydrogen) atoms. The molecule has 1 aromatic heterocycles. The molecule has 7 heteroatoms. The summed E-state index contributed by atoms with van der Waals surface area (Å²) in [6.07, 6.45) is 1.55. The van der Waals surface area contributed by atoms with E-state index in [1.54, 1.807) is 12.3 Å². The second kappa shape index (κ2) is 9.36. The number of hydrogen-bond donors (Lipinski definition) is 2. The molecule has 0 spiro atoms. The number of carbonyl (C=O) groups is 1. The van der Waals surface area contributed by atoms with Crippen molar-refractivity contribution in [2.75, 3.05) is 13.2 Å². The van der Waals surface area contributed by atoms with Gasteiger partial charge in [0, 0.05) is 11.1 Å². The molecule has 0 unspecified atom stereocenters. The molecule has 0 radical (unpaired) electrons. The van der Waals surface area contributed by atoms with Crippen molar-refractivity contribution in [3.05, 3.63) is 65.9 Å². The monoisotopic (exact) mass is 378 g/mol. The average molecular weight is 378 g/mol. The van der Waals surface area contributed by atoms with Gasteiger partial charge in [0.2, 0.25) is 0 Å². The number of nitrogens with zero attached hydrogens (tertiary/aromatic N) is 2. The van der Waals surface area contributed by atoms with E-state index in [9.17, 15) is 4.79 Å². The Labute approximate surface area is 163 Å². The second-order valence-corrected chi connectivity index (χ2v) is 5.80. The van der Waals surface area contributed by atoms with Crippen molar-refractivity contribution in [1.29, 1.82) is 0 Å². The lowest BCUT2D eigenvalue weighted by molar-refractivity contribution is 0.0950. The van der Waals surface area contributed by atoms with E-state index in [-0.39, 0.29) is 5.91 Å². The van der Waals surface area contributed by atoms with Gasteiger partial charge in [0.05, 0.1) is 25.1 Å². The Morgan fingerprint density at radius 1 is 1.11 bits per heavy atom. The smallest absolute Gasteiger partial charge is 0.289 e. The van der Waals surface area contributed by atoms with Crippen molar-refractivity contribution in [3.63, 3.8) is 0 Å². The molecular weight excluding hydrogens is 356 g/mol. The van der Waals surface area contributed by atoms with Gasteiger partial charge in [0.25, 0.3) is 5.91 Å². The van der Waals surface area contributed by atoms with Crippen molar-refractivity contribution in [2.24, 2.45) is 5.10 Å². The minimum atomic E-state index is -0.384. The average Bonchev–Trinajstić information content (AvgIpc) is 3.20. The zero-order chi connectivity index (χ0) is 19.8. The van der Waals surface area contributed by atoms with Gasteiger partial charge >= 0.3 is 0 Å². The third-order valence-electron chi connectivity index (χ3n) is 3.85. The number of carbonyl (C=O) groups excluding carboxylic acids is 1. The lowest BCUT2D eigenvalue weighted by Crippen LogP contribution is -2.18. The number of aromatic nitrogens is 2. The first-order valence-corrected chi connectivity index (χ1v) is 9.05. The van der Waals surface area contributed by atoms with Gasteiger partial charge in [-0.3, -0.25) is 9.89 Å². The number of rotatable bonds is 8. The van der Waals surface area contributed by atoms with E-state index in [0.29, 0.717) is 30.4 Å². The molecule has 0 aliphatic heterocycles. The molecule has 3 rings (SSSR count).